The van der Waals surface area contributed by atoms with Crippen molar-refractivity contribution in [1.29, 1.82) is 0 Å². The second-order valence-electron chi connectivity index (χ2n) is 10.7. The first-order valence-corrected chi connectivity index (χ1v) is 12.2. The highest BCUT2D eigenvalue weighted by atomic mass is 16.5. The summed E-state index contributed by atoms with van der Waals surface area (Å²) in [6.45, 7) is 10.8. The molecular weight excluding hydrogens is 448 g/mol. The lowest BCUT2D eigenvalue weighted by Crippen LogP contribution is -2.55. The average molecular weight is 485 g/mol. The number of carbonyl (C=O) groups excluding carboxylic acids is 1. The maximum atomic E-state index is 11.9. The first-order chi connectivity index (χ1) is 16.5. The summed E-state index contributed by atoms with van der Waals surface area (Å²) in [5.74, 6) is 1.52. The lowest BCUT2D eigenvalue weighted by atomic mass is 9.48. The molecule has 1 aromatic heterocycles. The Balaban J connectivity index is 1.68. The number of fused-ring (bicyclic) bond motifs is 2. The van der Waals surface area contributed by atoms with Gasteiger partial charge in [-0.1, -0.05) is 32.4 Å². The van der Waals surface area contributed by atoms with Crippen molar-refractivity contribution >= 4 is 16.9 Å². The van der Waals surface area contributed by atoms with Gasteiger partial charge in [0.1, 0.15) is 6.10 Å². The van der Waals surface area contributed by atoms with Crippen LogP contribution in [0.15, 0.2) is 39.1 Å². The fourth-order valence-electron chi connectivity index (χ4n) is 6.53. The van der Waals surface area contributed by atoms with Crippen molar-refractivity contribution in [3.05, 3.63) is 40.3 Å². The molecule has 0 unspecified atom stereocenters. The van der Waals surface area contributed by atoms with Crippen LogP contribution in [0.3, 0.4) is 0 Å². The number of allylic oxidation sites excluding steroid dienone is 1. The number of ether oxygens (including phenoxy) is 4. The van der Waals surface area contributed by atoms with Crippen molar-refractivity contribution in [3.8, 4) is 17.2 Å². The van der Waals surface area contributed by atoms with E-state index in [0.717, 1.165) is 19.3 Å². The molecule has 0 N–H and O–H groups in total. The van der Waals surface area contributed by atoms with E-state index < -0.39 is 5.63 Å². The summed E-state index contributed by atoms with van der Waals surface area (Å²) in [4.78, 5) is 23.6. The molecule has 2 aromatic rings. The van der Waals surface area contributed by atoms with Crippen LogP contribution in [-0.4, -0.2) is 32.9 Å². The summed E-state index contributed by atoms with van der Waals surface area (Å²) < 4.78 is 28.9. The normalized spacial score (nSPS) is 27.5. The van der Waals surface area contributed by atoms with Gasteiger partial charge in [-0.25, -0.2) is 4.79 Å². The standard InChI is InChI=1S/C28H36O7/c1-16-8-10-21-27(3,4)22(34-17(2)29)12-13-28(21,5)19(16)15-33-25-20(31-6)14-18-9-11-23(30)35-24(18)26(25)32-7/h8-9,11,14,19,21-22H,10,12-13,15H2,1-7H3/t19-,21+,22+,28-/m1/s1. The third-order valence-corrected chi connectivity index (χ3v) is 8.40. The van der Waals surface area contributed by atoms with E-state index in [9.17, 15) is 9.59 Å². The first-order valence-electron chi connectivity index (χ1n) is 12.2. The quantitative estimate of drug-likeness (QED) is 0.303. The molecule has 0 aliphatic heterocycles. The number of benzene rings is 1. The van der Waals surface area contributed by atoms with Crippen LogP contribution in [0.25, 0.3) is 11.0 Å². The van der Waals surface area contributed by atoms with Gasteiger partial charge >= 0.3 is 11.6 Å². The van der Waals surface area contributed by atoms with Crippen LogP contribution in [0, 0.1) is 22.7 Å². The molecule has 7 nitrogen and oxygen atoms in total. The van der Waals surface area contributed by atoms with Crippen LogP contribution in [0.2, 0.25) is 0 Å². The largest absolute Gasteiger partial charge is 0.493 e. The van der Waals surface area contributed by atoms with E-state index in [0.29, 0.717) is 40.7 Å². The third kappa shape index (κ3) is 4.30. The number of hydrogen-bond acceptors (Lipinski definition) is 7. The molecule has 0 bridgehead atoms. The summed E-state index contributed by atoms with van der Waals surface area (Å²) in [6.07, 6.45) is 4.88. The van der Waals surface area contributed by atoms with E-state index in [1.54, 1.807) is 19.2 Å². The molecule has 2 aliphatic carbocycles. The zero-order valence-corrected chi connectivity index (χ0v) is 21.7. The van der Waals surface area contributed by atoms with E-state index in [1.165, 1.54) is 25.7 Å². The van der Waals surface area contributed by atoms with E-state index in [-0.39, 0.29) is 28.8 Å². The Labute approximate surface area is 206 Å². The highest BCUT2D eigenvalue weighted by molar-refractivity contribution is 5.88. The Morgan fingerprint density at radius 1 is 1.14 bits per heavy atom. The minimum absolute atomic E-state index is 0.0388. The fourth-order valence-corrected chi connectivity index (χ4v) is 6.53. The van der Waals surface area contributed by atoms with Crippen LogP contribution < -0.4 is 19.8 Å². The van der Waals surface area contributed by atoms with Gasteiger partial charge in [0.25, 0.3) is 0 Å². The van der Waals surface area contributed by atoms with Gasteiger partial charge in [-0.05, 0) is 49.7 Å². The summed E-state index contributed by atoms with van der Waals surface area (Å²) in [7, 11) is 3.10. The topological polar surface area (TPSA) is 84.2 Å². The van der Waals surface area contributed by atoms with Crippen molar-refractivity contribution in [2.45, 2.75) is 60.0 Å². The monoisotopic (exact) mass is 484 g/mol. The summed E-state index contributed by atoms with van der Waals surface area (Å²) in [5, 5.41) is 0.692. The molecule has 0 amide bonds. The number of rotatable bonds is 6. The lowest BCUT2D eigenvalue weighted by Gasteiger charge is -2.58. The molecule has 1 saturated carbocycles. The number of methoxy groups -OCH3 is 2. The molecule has 0 spiro atoms. The smallest absolute Gasteiger partial charge is 0.336 e. The number of hydrogen-bond donors (Lipinski definition) is 0. The molecule has 7 heteroatoms. The summed E-state index contributed by atoms with van der Waals surface area (Å²) in [5.41, 5.74) is 0.952. The van der Waals surface area contributed by atoms with Gasteiger partial charge in [0.05, 0.1) is 20.8 Å². The maximum Gasteiger partial charge on any atom is 0.336 e. The average Bonchev–Trinajstić information content (AvgIpc) is 2.79. The minimum Gasteiger partial charge on any atom is -0.493 e. The summed E-state index contributed by atoms with van der Waals surface area (Å²) in [6, 6.07) is 4.84. The predicted octanol–water partition coefficient (Wildman–Crippen LogP) is 5.53. The molecular formula is C28H36O7. The van der Waals surface area contributed by atoms with Gasteiger partial charge in [-0.15, -0.1) is 0 Å². The molecule has 0 radical (unpaired) electrons. The van der Waals surface area contributed by atoms with E-state index in [2.05, 4.69) is 33.8 Å². The van der Waals surface area contributed by atoms with Gasteiger partial charge in [-0.3, -0.25) is 4.79 Å². The minimum atomic E-state index is -0.458. The molecule has 1 aromatic carbocycles. The molecule has 35 heavy (non-hydrogen) atoms. The van der Waals surface area contributed by atoms with Crippen LogP contribution in [0.4, 0.5) is 0 Å². The molecule has 1 fully saturated rings. The summed E-state index contributed by atoms with van der Waals surface area (Å²) >= 11 is 0. The second-order valence-corrected chi connectivity index (χ2v) is 10.7. The Kier molecular flexibility index (Phi) is 6.64. The van der Waals surface area contributed by atoms with Gasteiger partial charge in [0.2, 0.25) is 11.5 Å². The van der Waals surface area contributed by atoms with E-state index in [4.69, 9.17) is 23.4 Å². The Morgan fingerprint density at radius 3 is 2.54 bits per heavy atom. The second kappa shape index (κ2) is 9.25. The molecule has 1 heterocycles. The number of carbonyl (C=O) groups is 1. The van der Waals surface area contributed by atoms with Crippen molar-refractivity contribution in [2.24, 2.45) is 22.7 Å². The van der Waals surface area contributed by atoms with Crippen LogP contribution in [-0.2, 0) is 9.53 Å². The Hall–Kier alpha value is -2.96. The zero-order valence-electron chi connectivity index (χ0n) is 21.7. The third-order valence-electron chi connectivity index (χ3n) is 8.40. The van der Waals surface area contributed by atoms with Crippen LogP contribution >= 0.6 is 0 Å². The van der Waals surface area contributed by atoms with Crippen molar-refractivity contribution in [1.82, 2.24) is 0 Å². The van der Waals surface area contributed by atoms with Crippen molar-refractivity contribution in [2.75, 3.05) is 20.8 Å². The SMILES string of the molecule is COc1cc2ccc(=O)oc2c(OC)c1OC[C@@H]1C(C)=CC[C@H]2C(C)(C)[C@@H](OC(C)=O)CC[C@]12C. The van der Waals surface area contributed by atoms with Crippen LogP contribution in [0.1, 0.15) is 53.9 Å². The predicted molar refractivity (Wildman–Crippen MR) is 133 cm³/mol. The van der Waals surface area contributed by atoms with E-state index in [1.807, 2.05) is 0 Å². The lowest BCUT2D eigenvalue weighted by molar-refractivity contribution is -0.172. The van der Waals surface area contributed by atoms with Gasteiger partial charge < -0.3 is 23.4 Å². The van der Waals surface area contributed by atoms with Gasteiger partial charge in [0.15, 0.2) is 11.3 Å². The fraction of sp³-hybridized carbons (Fsp3) is 0.571. The molecule has 2 aliphatic rings. The molecule has 0 saturated heterocycles. The highest BCUT2D eigenvalue weighted by Crippen LogP contribution is 2.60. The van der Waals surface area contributed by atoms with Crippen LogP contribution in [0.5, 0.6) is 17.2 Å². The Bertz CT molecular complexity index is 1210. The molecule has 4 atom stereocenters. The van der Waals surface area contributed by atoms with E-state index >= 15 is 0 Å². The first kappa shape index (κ1) is 25.1. The zero-order chi connectivity index (χ0) is 25.5. The molecule has 4 rings (SSSR count). The van der Waals surface area contributed by atoms with Crippen molar-refractivity contribution in [3.63, 3.8) is 0 Å². The highest BCUT2D eigenvalue weighted by Gasteiger charge is 2.56. The van der Waals surface area contributed by atoms with Gasteiger partial charge in [-0.2, -0.15) is 0 Å². The van der Waals surface area contributed by atoms with Crippen molar-refractivity contribution < 1.29 is 28.2 Å². The van der Waals surface area contributed by atoms with Gasteiger partial charge in [0, 0.05) is 29.7 Å². The Morgan fingerprint density at radius 2 is 1.89 bits per heavy atom. The molecule has 190 valence electrons. The maximum absolute atomic E-state index is 11.9. The number of esters is 1.